The van der Waals surface area contributed by atoms with E-state index in [9.17, 15) is 9.50 Å². The van der Waals surface area contributed by atoms with Crippen molar-refractivity contribution in [1.82, 2.24) is 0 Å². The van der Waals surface area contributed by atoms with E-state index in [0.29, 0.717) is 6.42 Å². The van der Waals surface area contributed by atoms with E-state index in [4.69, 9.17) is 5.11 Å². The maximum atomic E-state index is 12.7. The third-order valence-corrected chi connectivity index (χ3v) is 2.23. The van der Waals surface area contributed by atoms with Crippen LogP contribution in [0.5, 0.6) is 0 Å². The highest BCUT2D eigenvalue weighted by Gasteiger charge is 2.36. The standard InChI is InChI=1S/C9H15FO2/c1-2-3-4-9(12)5-7(10)8(11)6-9/h5,8,11-12H,2-4,6H2,1H3. The van der Waals surface area contributed by atoms with Crippen LogP contribution in [0.25, 0.3) is 0 Å². The molecule has 2 unspecified atom stereocenters. The second kappa shape index (κ2) is 3.54. The summed E-state index contributed by atoms with van der Waals surface area (Å²) in [5.41, 5.74) is -1.10. The summed E-state index contributed by atoms with van der Waals surface area (Å²) in [5.74, 6) is -0.589. The van der Waals surface area contributed by atoms with Gasteiger partial charge in [-0.3, -0.25) is 0 Å². The minimum absolute atomic E-state index is 0.110. The Morgan fingerprint density at radius 1 is 1.75 bits per heavy atom. The van der Waals surface area contributed by atoms with Crippen molar-refractivity contribution in [1.29, 1.82) is 0 Å². The molecule has 0 heterocycles. The zero-order valence-electron chi connectivity index (χ0n) is 7.26. The third kappa shape index (κ3) is 2.05. The van der Waals surface area contributed by atoms with Crippen molar-refractivity contribution in [3.05, 3.63) is 11.9 Å². The van der Waals surface area contributed by atoms with Gasteiger partial charge in [0.05, 0.1) is 5.60 Å². The molecule has 2 nitrogen and oxygen atoms in total. The first kappa shape index (κ1) is 9.68. The van der Waals surface area contributed by atoms with Gasteiger partial charge in [0.1, 0.15) is 11.9 Å². The van der Waals surface area contributed by atoms with Gasteiger partial charge in [0.2, 0.25) is 0 Å². The van der Waals surface area contributed by atoms with Gasteiger partial charge in [-0.25, -0.2) is 4.39 Å². The number of aliphatic hydroxyl groups excluding tert-OH is 1. The van der Waals surface area contributed by atoms with Crippen LogP contribution in [0, 0.1) is 0 Å². The quantitative estimate of drug-likeness (QED) is 0.681. The molecule has 0 saturated heterocycles. The van der Waals surface area contributed by atoms with Crippen molar-refractivity contribution in [2.75, 3.05) is 0 Å². The molecular formula is C9H15FO2. The smallest absolute Gasteiger partial charge is 0.127 e. The summed E-state index contributed by atoms with van der Waals surface area (Å²) < 4.78 is 12.7. The maximum Gasteiger partial charge on any atom is 0.127 e. The van der Waals surface area contributed by atoms with Crippen molar-refractivity contribution >= 4 is 0 Å². The molecule has 12 heavy (non-hydrogen) atoms. The lowest BCUT2D eigenvalue weighted by Gasteiger charge is -2.19. The molecule has 0 aromatic carbocycles. The van der Waals surface area contributed by atoms with Gasteiger partial charge in [0.25, 0.3) is 0 Å². The summed E-state index contributed by atoms with van der Waals surface area (Å²) in [5, 5.41) is 18.7. The van der Waals surface area contributed by atoms with Crippen LogP contribution in [0.4, 0.5) is 4.39 Å². The Kier molecular flexibility index (Phi) is 2.85. The Hall–Kier alpha value is -0.410. The molecule has 1 aliphatic carbocycles. The van der Waals surface area contributed by atoms with Crippen molar-refractivity contribution in [2.45, 2.75) is 44.3 Å². The van der Waals surface area contributed by atoms with Gasteiger partial charge in [0, 0.05) is 6.42 Å². The summed E-state index contributed by atoms with van der Waals surface area (Å²) in [6.07, 6.45) is 2.52. The molecule has 0 aromatic rings. The van der Waals surface area contributed by atoms with Crippen molar-refractivity contribution < 1.29 is 14.6 Å². The fourth-order valence-electron chi connectivity index (χ4n) is 1.50. The molecule has 0 aromatic heterocycles. The van der Waals surface area contributed by atoms with Crippen LogP contribution in [-0.4, -0.2) is 21.9 Å². The van der Waals surface area contributed by atoms with Crippen LogP contribution in [0.15, 0.2) is 11.9 Å². The van der Waals surface area contributed by atoms with E-state index >= 15 is 0 Å². The molecule has 70 valence electrons. The van der Waals surface area contributed by atoms with Gasteiger partial charge >= 0.3 is 0 Å². The topological polar surface area (TPSA) is 40.5 Å². The molecular weight excluding hydrogens is 159 g/mol. The van der Waals surface area contributed by atoms with Gasteiger partial charge in [-0.15, -0.1) is 0 Å². The first-order valence-corrected chi connectivity index (χ1v) is 4.36. The lowest BCUT2D eigenvalue weighted by Crippen LogP contribution is -2.25. The predicted octanol–water partition coefficient (Wildman–Crippen LogP) is 1.53. The Morgan fingerprint density at radius 3 is 2.83 bits per heavy atom. The highest BCUT2D eigenvalue weighted by atomic mass is 19.1. The summed E-state index contributed by atoms with van der Waals surface area (Å²) in [4.78, 5) is 0. The highest BCUT2D eigenvalue weighted by Crippen LogP contribution is 2.32. The van der Waals surface area contributed by atoms with Gasteiger partial charge in [-0.2, -0.15) is 0 Å². The van der Waals surface area contributed by atoms with E-state index in [-0.39, 0.29) is 6.42 Å². The molecule has 3 heteroatoms. The van der Waals surface area contributed by atoms with E-state index in [0.717, 1.165) is 18.9 Å². The maximum absolute atomic E-state index is 12.7. The zero-order chi connectivity index (χ0) is 9.19. The fourth-order valence-corrected chi connectivity index (χ4v) is 1.50. The first-order chi connectivity index (χ1) is 5.57. The minimum atomic E-state index is -1.10. The Balaban J connectivity index is 2.52. The van der Waals surface area contributed by atoms with Crippen LogP contribution in [0.1, 0.15) is 32.6 Å². The van der Waals surface area contributed by atoms with Crippen LogP contribution in [-0.2, 0) is 0 Å². The number of halogens is 1. The Morgan fingerprint density at radius 2 is 2.42 bits per heavy atom. The lowest BCUT2D eigenvalue weighted by atomic mass is 9.96. The van der Waals surface area contributed by atoms with E-state index in [1.165, 1.54) is 0 Å². The average Bonchev–Trinajstić information content (AvgIpc) is 2.24. The van der Waals surface area contributed by atoms with Gasteiger partial charge < -0.3 is 10.2 Å². The molecule has 1 aliphatic rings. The molecule has 0 aliphatic heterocycles. The summed E-state index contributed by atoms with van der Waals surface area (Å²) >= 11 is 0. The Labute approximate surface area is 71.7 Å². The third-order valence-electron chi connectivity index (χ3n) is 2.23. The number of aliphatic hydroxyl groups is 2. The average molecular weight is 174 g/mol. The van der Waals surface area contributed by atoms with Crippen LogP contribution in [0.3, 0.4) is 0 Å². The summed E-state index contributed by atoms with van der Waals surface area (Å²) in [7, 11) is 0. The number of hydrogen-bond acceptors (Lipinski definition) is 2. The highest BCUT2D eigenvalue weighted by molar-refractivity contribution is 5.18. The molecule has 1 rings (SSSR count). The number of hydrogen-bond donors (Lipinski definition) is 2. The Bertz CT molecular complexity index is 191. The SMILES string of the molecule is CCCCC1(O)C=C(F)C(O)C1. The van der Waals surface area contributed by atoms with Gasteiger partial charge in [-0.05, 0) is 12.5 Å². The van der Waals surface area contributed by atoms with E-state index in [1.807, 2.05) is 6.92 Å². The van der Waals surface area contributed by atoms with E-state index < -0.39 is 17.5 Å². The summed E-state index contributed by atoms with van der Waals surface area (Å²) in [6.45, 7) is 2.01. The lowest BCUT2D eigenvalue weighted by molar-refractivity contribution is 0.0457. The molecule has 0 radical (unpaired) electrons. The molecule has 2 atom stereocenters. The van der Waals surface area contributed by atoms with Gasteiger partial charge in [-0.1, -0.05) is 19.8 Å². The van der Waals surface area contributed by atoms with E-state index in [2.05, 4.69) is 0 Å². The molecule has 0 spiro atoms. The van der Waals surface area contributed by atoms with Crippen LogP contribution >= 0.6 is 0 Å². The fraction of sp³-hybridized carbons (Fsp3) is 0.778. The summed E-state index contributed by atoms with van der Waals surface area (Å²) in [6, 6.07) is 0. The number of unbranched alkanes of at least 4 members (excludes halogenated alkanes) is 1. The van der Waals surface area contributed by atoms with Crippen LogP contribution < -0.4 is 0 Å². The van der Waals surface area contributed by atoms with Crippen molar-refractivity contribution in [3.63, 3.8) is 0 Å². The largest absolute Gasteiger partial charge is 0.386 e. The molecule has 0 amide bonds. The molecule has 0 bridgehead atoms. The minimum Gasteiger partial charge on any atom is -0.386 e. The monoisotopic (exact) mass is 174 g/mol. The number of rotatable bonds is 3. The first-order valence-electron chi connectivity index (χ1n) is 4.36. The molecule has 2 N–H and O–H groups in total. The predicted molar refractivity (Wildman–Crippen MR) is 44.3 cm³/mol. The normalized spacial score (nSPS) is 35.3. The second-order valence-corrected chi connectivity index (χ2v) is 3.46. The second-order valence-electron chi connectivity index (χ2n) is 3.46. The van der Waals surface area contributed by atoms with E-state index in [1.54, 1.807) is 0 Å². The van der Waals surface area contributed by atoms with Crippen LogP contribution in [0.2, 0.25) is 0 Å². The molecule has 0 saturated carbocycles. The van der Waals surface area contributed by atoms with Gasteiger partial charge in [0.15, 0.2) is 0 Å². The van der Waals surface area contributed by atoms with Crippen molar-refractivity contribution in [2.24, 2.45) is 0 Å². The van der Waals surface area contributed by atoms with Crippen molar-refractivity contribution in [3.8, 4) is 0 Å². The zero-order valence-corrected chi connectivity index (χ0v) is 7.26. The molecule has 0 fully saturated rings.